The van der Waals surface area contributed by atoms with Crippen molar-refractivity contribution >= 4 is 39.1 Å². The molecule has 124 valence electrons. The summed E-state index contributed by atoms with van der Waals surface area (Å²) in [5.74, 6) is -1.12. The number of carbonyl (C=O) groups is 2. The lowest BCUT2D eigenvalue weighted by Crippen LogP contribution is -2.30. The third-order valence-corrected chi connectivity index (χ3v) is 4.53. The van der Waals surface area contributed by atoms with Gasteiger partial charge in [0.1, 0.15) is 5.82 Å². The van der Waals surface area contributed by atoms with Crippen LogP contribution in [0.4, 0.5) is 15.8 Å². The van der Waals surface area contributed by atoms with E-state index in [1.54, 1.807) is 6.07 Å². The number of hydrogen-bond acceptors (Lipinski definition) is 2. The number of anilines is 2. The molecule has 0 spiro atoms. The maximum absolute atomic E-state index is 13.7. The summed E-state index contributed by atoms with van der Waals surface area (Å²) in [7, 11) is 0. The fourth-order valence-electron chi connectivity index (χ4n) is 2.76. The van der Waals surface area contributed by atoms with Crippen molar-refractivity contribution in [1.82, 2.24) is 0 Å². The molecule has 2 amide bonds. The SMILES string of the molecule is O=C(CC[C@H]1Cc2ccccc2NC1=O)Nc1ccc(Br)cc1F. The van der Waals surface area contributed by atoms with Crippen molar-refractivity contribution in [2.45, 2.75) is 19.3 Å². The summed E-state index contributed by atoms with van der Waals surface area (Å²) in [6, 6.07) is 12.1. The number of halogens is 2. The number of amides is 2. The van der Waals surface area contributed by atoms with Crippen molar-refractivity contribution < 1.29 is 14.0 Å². The molecule has 0 fully saturated rings. The molecule has 3 rings (SSSR count). The topological polar surface area (TPSA) is 58.2 Å². The maximum atomic E-state index is 13.7. The predicted octanol–water partition coefficient (Wildman–Crippen LogP) is 4.12. The van der Waals surface area contributed by atoms with E-state index in [0.717, 1.165) is 11.3 Å². The smallest absolute Gasteiger partial charge is 0.227 e. The van der Waals surface area contributed by atoms with E-state index in [1.165, 1.54) is 12.1 Å². The normalized spacial score (nSPS) is 16.2. The minimum Gasteiger partial charge on any atom is -0.326 e. The van der Waals surface area contributed by atoms with E-state index in [0.29, 0.717) is 17.3 Å². The molecule has 1 heterocycles. The summed E-state index contributed by atoms with van der Waals surface area (Å²) in [6.07, 6.45) is 1.20. The number of rotatable bonds is 4. The summed E-state index contributed by atoms with van der Waals surface area (Å²) >= 11 is 3.17. The van der Waals surface area contributed by atoms with Gasteiger partial charge in [-0.1, -0.05) is 34.1 Å². The van der Waals surface area contributed by atoms with Crippen LogP contribution < -0.4 is 10.6 Å². The van der Waals surface area contributed by atoms with Crippen LogP contribution in [-0.4, -0.2) is 11.8 Å². The van der Waals surface area contributed by atoms with Gasteiger partial charge in [-0.2, -0.15) is 0 Å². The molecule has 0 unspecified atom stereocenters. The molecule has 6 heteroatoms. The molecular weight excluding hydrogens is 375 g/mol. The molecular formula is C18H16BrFN2O2. The van der Waals surface area contributed by atoms with Crippen LogP contribution in [0.5, 0.6) is 0 Å². The Hall–Kier alpha value is -2.21. The largest absolute Gasteiger partial charge is 0.326 e. The maximum Gasteiger partial charge on any atom is 0.227 e. The standard InChI is InChI=1S/C18H16BrFN2O2/c19-13-6-7-16(14(20)10-13)21-17(23)8-5-12-9-11-3-1-2-4-15(11)22-18(12)24/h1-4,6-7,10,12H,5,8-9H2,(H,21,23)(H,22,24)/t12-/m0/s1. The second-order valence-electron chi connectivity index (χ2n) is 5.76. The Morgan fingerprint density at radius 2 is 2.08 bits per heavy atom. The number of carbonyl (C=O) groups excluding carboxylic acids is 2. The van der Waals surface area contributed by atoms with Crippen LogP contribution in [0.2, 0.25) is 0 Å². The molecule has 0 saturated carbocycles. The predicted molar refractivity (Wildman–Crippen MR) is 94.2 cm³/mol. The van der Waals surface area contributed by atoms with E-state index >= 15 is 0 Å². The molecule has 0 saturated heterocycles. The zero-order chi connectivity index (χ0) is 17.1. The van der Waals surface area contributed by atoms with E-state index in [1.807, 2.05) is 24.3 Å². The number of nitrogens with one attached hydrogen (secondary N) is 2. The van der Waals surface area contributed by atoms with Gasteiger partial charge in [0.15, 0.2) is 0 Å². The fourth-order valence-corrected chi connectivity index (χ4v) is 3.09. The van der Waals surface area contributed by atoms with Crippen molar-refractivity contribution in [2.24, 2.45) is 5.92 Å². The van der Waals surface area contributed by atoms with Crippen LogP contribution in [0.1, 0.15) is 18.4 Å². The number of benzene rings is 2. The van der Waals surface area contributed by atoms with Gasteiger partial charge in [0.2, 0.25) is 11.8 Å². The van der Waals surface area contributed by atoms with Crippen molar-refractivity contribution in [3.63, 3.8) is 0 Å². The summed E-state index contributed by atoms with van der Waals surface area (Å²) in [5, 5.41) is 5.41. The van der Waals surface area contributed by atoms with Gasteiger partial charge in [0.25, 0.3) is 0 Å². The van der Waals surface area contributed by atoms with Crippen LogP contribution in [0.15, 0.2) is 46.9 Å². The molecule has 0 aromatic heterocycles. The molecule has 2 N–H and O–H groups in total. The Bertz CT molecular complexity index is 794. The molecule has 0 bridgehead atoms. The Morgan fingerprint density at radius 1 is 1.29 bits per heavy atom. The molecule has 4 nitrogen and oxygen atoms in total. The van der Waals surface area contributed by atoms with Gasteiger partial charge in [0, 0.05) is 22.5 Å². The van der Waals surface area contributed by atoms with Crippen LogP contribution in [0, 0.1) is 11.7 Å². The molecule has 1 aliphatic heterocycles. The first kappa shape index (κ1) is 16.6. The quantitative estimate of drug-likeness (QED) is 0.824. The van der Waals surface area contributed by atoms with Crippen LogP contribution >= 0.6 is 15.9 Å². The van der Waals surface area contributed by atoms with Crippen molar-refractivity contribution in [1.29, 1.82) is 0 Å². The molecule has 1 atom stereocenters. The first-order valence-corrected chi connectivity index (χ1v) is 8.46. The highest BCUT2D eigenvalue weighted by molar-refractivity contribution is 9.10. The van der Waals surface area contributed by atoms with E-state index < -0.39 is 5.82 Å². The van der Waals surface area contributed by atoms with Crippen LogP contribution in [0.3, 0.4) is 0 Å². The minimum absolute atomic E-state index is 0.0728. The number of fused-ring (bicyclic) bond motifs is 1. The molecule has 2 aromatic rings. The summed E-state index contributed by atoms with van der Waals surface area (Å²) < 4.78 is 14.3. The minimum atomic E-state index is -0.498. The number of hydrogen-bond donors (Lipinski definition) is 2. The average Bonchev–Trinajstić information content (AvgIpc) is 2.55. The lowest BCUT2D eigenvalue weighted by molar-refractivity contribution is -0.121. The van der Waals surface area contributed by atoms with Gasteiger partial charge in [-0.3, -0.25) is 9.59 Å². The van der Waals surface area contributed by atoms with Gasteiger partial charge < -0.3 is 10.6 Å². The van der Waals surface area contributed by atoms with Gasteiger partial charge in [-0.25, -0.2) is 4.39 Å². The average molecular weight is 391 g/mol. The monoisotopic (exact) mass is 390 g/mol. The summed E-state index contributed by atoms with van der Waals surface area (Å²) in [5.41, 5.74) is 2.04. The van der Waals surface area contributed by atoms with Crippen LogP contribution in [-0.2, 0) is 16.0 Å². The third kappa shape index (κ3) is 3.82. The van der Waals surface area contributed by atoms with E-state index in [-0.39, 0.29) is 29.8 Å². The van der Waals surface area contributed by atoms with E-state index in [9.17, 15) is 14.0 Å². The highest BCUT2D eigenvalue weighted by Gasteiger charge is 2.26. The van der Waals surface area contributed by atoms with Crippen molar-refractivity contribution in [3.8, 4) is 0 Å². The lowest BCUT2D eigenvalue weighted by Gasteiger charge is -2.24. The first-order valence-electron chi connectivity index (χ1n) is 7.66. The molecule has 0 radical (unpaired) electrons. The first-order chi connectivity index (χ1) is 11.5. The van der Waals surface area contributed by atoms with Crippen molar-refractivity contribution in [3.05, 3.63) is 58.3 Å². The molecule has 0 aliphatic carbocycles. The van der Waals surface area contributed by atoms with Gasteiger partial charge >= 0.3 is 0 Å². The highest BCUT2D eigenvalue weighted by Crippen LogP contribution is 2.27. The Kier molecular flexibility index (Phi) is 4.94. The summed E-state index contributed by atoms with van der Waals surface area (Å²) in [6.45, 7) is 0. The second kappa shape index (κ2) is 7.13. The van der Waals surface area contributed by atoms with Gasteiger partial charge in [-0.15, -0.1) is 0 Å². The Labute approximate surface area is 147 Å². The van der Waals surface area contributed by atoms with Gasteiger partial charge in [-0.05, 0) is 42.7 Å². The third-order valence-electron chi connectivity index (χ3n) is 4.04. The zero-order valence-electron chi connectivity index (χ0n) is 12.8. The van der Waals surface area contributed by atoms with Crippen LogP contribution in [0.25, 0.3) is 0 Å². The molecule has 24 heavy (non-hydrogen) atoms. The van der Waals surface area contributed by atoms with Gasteiger partial charge in [0.05, 0.1) is 5.69 Å². The fraction of sp³-hybridized carbons (Fsp3) is 0.222. The van der Waals surface area contributed by atoms with Crippen molar-refractivity contribution in [2.75, 3.05) is 10.6 Å². The number of para-hydroxylation sites is 1. The second-order valence-corrected chi connectivity index (χ2v) is 6.67. The summed E-state index contributed by atoms with van der Waals surface area (Å²) in [4.78, 5) is 24.1. The lowest BCUT2D eigenvalue weighted by atomic mass is 9.89. The van der Waals surface area contributed by atoms with E-state index in [2.05, 4.69) is 26.6 Å². The Balaban J connectivity index is 1.57. The zero-order valence-corrected chi connectivity index (χ0v) is 14.4. The molecule has 1 aliphatic rings. The molecule has 2 aromatic carbocycles. The highest BCUT2D eigenvalue weighted by atomic mass is 79.9. The van der Waals surface area contributed by atoms with E-state index in [4.69, 9.17) is 0 Å². The Morgan fingerprint density at radius 3 is 2.88 bits per heavy atom.